The number of thioether (sulfide) groups is 1. The van der Waals surface area contributed by atoms with Crippen LogP contribution in [-0.2, 0) is 4.79 Å². The van der Waals surface area contributed by atoms with E-state index >= 15 is 0 Å². The van der Waals surface area contributed by atoms with Crippen molar-refractivity contribution >= 4 is 35.0 Å². The third-order valence-electron chi connectivity index (χ3n) is 4.24. The van der Waals surface area contributed by atoms with Crippen LogP contribution in [0.25, 0.3) is 5.69 Å². The Hall–Kier alpha value is -2.31. The number of halogens is 1. The minimum atomic E-state index is -0.350. The van der Waals surface area contributed by atoms with Crippen LogP contribution in [0.15, 0.2) is 47.9 Å². The zero-order valence-corrected chi connectivity index (χ0v) is 17.2. The van der Waals surface area contributed by atoms with E-state index in [0.717, 1.165) is 22.5 Å². The summed E-state index contributed by atoms with van der Waals surface area (Å²) in [6.07, 6.45) is 1.67. The second kappa shape index (κ2) is 8.15. The largest absolute Gasteiger partial charge is 0.325 e. The minimum absolute atomic E-state index is 0.111. The van der Waals surface area contributed by atoms with Crippen molar-refractivity contribution < 1.29 is 4.79 Å². The van der Waals surface area contributed by atoms with Gasteiger partial charge in [0.15, 0.2) is 5.16 Å². The van der Waals surface area contributed by atoms with Gasteiger partial charge in [0, 0.05) is 10.7 Å². The lowest BCUT2D eigenvalue weighted by molar-refractivity contribution is -0.115. The van der Waals surface area contributed by atoms with Gasteiger partial charge in [-0.1, -0.05) is 47.1 Å². The number of hydrogen-bond acceptors (Lipinski definition) is 4. The second-order valence-corrected chi connectivity index (χ2v) is 8.23. The van der Waals surface area contributed by atoms with E-state index in [0.29, 0.717) is 10.2 Å². The van der Waals surface area contributed by atoms with E-state index in [-0.39, 0.29) is 11.2 Å². The minimum Gasteiger partial charge on any atom is -0.325 e. The first-order valence-corrected chi connectivity index (χ1v) is 9.82. The molecule has 0 saturated heterocycles. The molecule has 1 aromatic heterocycles. The average Bonchev–Trinajstić information content (AvgIpc) is 3.06. The number of aryl methyl sites for hydroxylation is 3. The Kier molecular flexibility index (Phi) is 5.87. The number of anilines is 1. The fourth-order valence-corrected chi connectivity index (χ4v) is 3.73. The molecule has 0 radical (unpaired) electrons. The van der Waals surface area contributed by atoms with Crippen LogP contribution in [-0.4, -0.2) is 25.9 Å². The first kappa shape index (κ1) is 19.5. The number of carbonyl (C=O) groups is 1. The summed E-state index contributed by atoms with van der Waals surface area (Å²) < 4.78 is 1.91. The van der Waals surface area contributed by atoms with Crippen LogP contribution in [0.2, 0.25) is 5.02 Å². The molecule has 140 valence electrons. The van der Waals surface area contributed by atoms with Gasteiger partial charge in [-0.25, -0.2) is 0 Å². The Morgan fingerprint density at radius 2 is 1.93 bits per heavy atom. The molecule has 27 heavy (non-hydrogen) atoms. The fraction of sp³-hybridized carbons (Fsp3) is 0.250. The van der Waals surface area contributed by atoms with E-state index in [2.05, 4.69) is 41.5 Å². The zero-order chi connectivity index (χ0) is 19.6. The number of benzene rings is 2. The topological polar surface area (TPSA) is 59.8 Å². The molecule has 1 heterocycles. The summed E-state index contributed by atoms with van der Waals surface area (Å²) in [6.45, 7) is 7.89. The van der Waals surface area contributed by atoms with Gasteiger partial charge in [0.25, 0.3) is 0 Å². The van der Waals surface area contributed by atoms with Crippen LogP contribution in [0, 0.1) is 20.8 Å². The van der Waals surface area contributed by atoms with Gasteiger partial charge in [0.1, 0.15) is 6.33 Å². The molecule has 0 aliphatic rings. The normalized spacial score (nSPS) is 12.0. The van der Waals surface area contributed by atoms with Crippen molar-refractivity contribution in [1.29, 1.82) is 0 Å². The smallest absolute Gasteiger partial charge is 0.237 e. The van der Waals surface area contributed by atoms with E-state index < -0.39 is 0 Å². The highest BCUT2D eigenvalue weighted by atomic mass is 35.5. The third kappa shape index (κ3) is 4.51. The van der Waals surface area contributed by atoms with Crippen LogP contribution < -0.4 is 5.32 Å². The molecule has 0 aliphatic carbocycles. The van der Waals surface area contributed by atoms with Crippen LogP contribution in [0.1, 0.15) is 23.6 Å². The maximum absolute atomic E-state index is 12.6. The fourth-order valence-electron chi connectivity index (χ4n) is 2.72. The first-order valence-electron chi connectivity index (χ1n) is 8.56. The lowest BCUT2D eigenvalue weighted by Crippen LogP contribution is -2.23. The monoisotopic (exact) mass is 400 g/mol. The molecule has 7 heteroatoms. The number of nitrogens with zero attached hydrogens (tertiary/aromatic N) is 3. The van der Waals surface area contributed by atoms with Gasteiger partial charge in [-0.05, 0) is 57.0 Å². The molecule has 0 bridgehead atoms. The first-order chi connectivity index (χ1) is 12.8. The van der Waals surface area contributed by atoms with Crippen LogP contribution in [0.3, 0.4) is 0 Å². The van der Waals surface area contributed by atoms with E-state index in [1.54, 1.807) is 18.5 Å². The van der Waals surface area contributed by atoms with E-state index in [9.17, 15) is 4.79 Å². The SMILES string of the molecule is Cc1ccc(-n2cnnc2SC(C)C(=O)Nc2cc(Cl)ccc2C)c(C)c1. The van der Waals surface area contributed by atoms with E-state index in [4.69, 9.17) is 11.6 Å². The van der Waals surface area contributed by atoms with E-state index in [1.807, 2.05) is 30.5 Å². The van der Waals surface area contributed by atoms with Gasteiger partial charge in [-0.2, -0.15) is 0 Å². The van der Waals surface area contributed by atoms with Crippen molar-refractivity contribution in [2.45, 2.75) is 38.1 Å². The van der Waals surface area contributed by atoms with Crippen LogP contribution >= 0.6 is 23.4 Å². The Balaban J connectivity index is 1.77. The zero-order valence-electron chi connectivity index (χ0n) is 15.7. The molecular weight excluding hydrogens is 380 g/mol. The standard InChI is InChI=1S/C20H21ClN4OS/c1-12-5-8-18(14(3)9-12)25-11-22-24-20(25)27-15(4)19(26)23-17-10-16(21)7-6-13(17)2/h5-11,15H,1-4H3,(H,23,26). The number of carbonyl (C=O) groups excluding carboxylic acids is 1. The quantitative estimate of drug-likeness (QED) is 0.614. The van der Waals surface area contributed by atoms with Crippen molar-refractivity contribution in [3.8, 4) is 5.69 Å². The van der Waals surface area contributed by atoms with Gasteiger partial charge in [0.05, 0.1) is 10.9 Å². The van der Waals surface area contributed by atoms with Crippen molar-refractivity contribution in [1.82, 2.24) is 14.8 Å². The van der Waals surface area contributed by atoms with Gasteiger partial charge in [-0.15, -0.1) is 10.2 Å². The molecule has 3 rings (SSSR count). The summed E-state index contributed by atoms with van der Waals surface area (Å²) in [5.74, 6) is -0.111. The Morgan fingerprint density at radius 1 is 1.15 bits per heavy atom. The summed E-state index contributed by atoms with van der Waals surface area (Å²) in [6, 6.07) is 11.6. The molecule has 2 aromatic carbocycles. The summed E-state index contributed by atoms with van der Waals surface area (Å²) in [7, 11) is 0. The lowest BCUT2D eigenvalue weighted by atomic mass is 10.1. The van der Waals surface area contributed by atoms with Gasteiger partial charge >= 0.3 is 0 Å². The predicted octanol–water partition coefficient (Wildman–Crippen LogP) is 4.97. The van der Waals surface area contributed by atoms with Crippen molar-refractivity contribution in [2.24, 2.45) is 0 Å². The highest BCUT2D eigenvalue weighted by Gasteiger charge is 2.19. The number of hydrogen-bond donors (Lipinski definition) is 1. The van der Waals surface area contributed by atoms with E-state index in [1.165, 1.54) is 17.3 Å². The van der Waals surface area contributed by atoms with Crippen molar-refractivity contribution in [3.63, 3.8) is 0 Å². The number of aromatic nitrogens is 3. The molecular formula is C20H21ClN4OS. The summed E-state index contributed by atoms with van der Waals surface area (Å²) in [5, 5.41) is 12.1. The van der Waals surface area contributed by atoms with Crippen molar-refractivity contribution in [3.05, 3.63) is 64.4 Å². The molecule has 0 spiro atoms. The van der Waals surface area contributed by atoms with Gasteiger partial charge in [0.2, 0.25) is 5.91 Å². The summed E-state index contributed by atoms with van der Waals surface area (Å²) in [4.78, 5) is 12.6. The molecule has 3 aromatic rings. The number of amides is 1. The maximum Gasteiger partial charge on any atom is 0.237 e. The maximum atomic E-state index is 12.6. The lowest BCUT2D eigenvalue weighted by Gasteiger charge is -2.15. The molecule has 0 fully saturated rings. The van der Waals surface area contributed by atoms with Crippen LogP contribution in [0.5, 0.6) is 0 Å². The molecule has 0 aliphatic heterocycles. The average molecular weight is 401 g/mol. The number of rotatable bonds is 5. The molecule has 1 amide bonds. The highest BCUT2D eigenvalue weighted by molar-refractivity contribution is 8.00. The molecule has 0 saturated carbocycles. The molecule has 1 N–H and O–H groups in total. The predicted molar refractivity (Wildman–Crippen MR) is 111 cm³/mol. The number of nitrogens with one attached hydrogen (secondary N) is 1. The summed E-state index contributed by atoms with van der Waals surface area (Å²) >= 11 is 7.40. The molecule has 1 atom stereocenters. The Bertz CT molecular complexity index is 986. The third-order valence-corrected chi connectivity index (χ3v) is 5.53. The Labute approximate surface area is 168 Å². The van der Waals surface area contributed by atoms with Gasteiger partial charge < -0.3 is 5.32 Å². The second-order valence-electron chi connectivity index (χ2n) is 6.48. The van der Waals surface area contributed by atoms with Crippen LogP contribution in [0.4, 0.5) is 5.69 Å². The van der Waals surface area contributed by atoms with Gasteiger partial charge in [-0.3, -0.25) is 9.36 Å². The highest BCUT2D eigenvalue weighted by Crippen LogP contribution is 2.27. The van der Waals surface area contributed by atoms with Crippen molar-refractivity contribution in [2.75, 3.05) is 5.32 Å². The molecule has 5 nitrogen and oxygen atoms in total. The Morgan fingerprint density at radius 3 is 2.67 bits per heavy atom. The summed E-state index contributed by atoms with van der Waals surface area (Å²) in [5.41, 5.74) is 5.01. The molecule has 1 unspecified atom stereocenters.